The van der Waals surface area contributed by atoms with E-state index in [-0.39, 0.29) is 5.91 Å². The lowest BCUT2D eigenvalue weighted by Crippen LogP contribution is -2.22. The van der Waals surface area contributed by atoms with Crippen LogP contribution in [0.3, 0.4) is 0 Å². The van der Waals surface area contributed by atoms with E-state index in [0.29, 0.717) is 22.4 Å². The summed E-state index contributed by atoms with van der Waals surface area (Å²) < 4.78 is 0. The van der Waals surface area contributed by atoms with Gasteiger partial charge in [-0.1, -0.05) is 56.8 Å². The van der Waals surface area contributed by atoms with Gasteiger partial charge in [0.2, 0.25) is 5.91 Å². The highest BCUT2D eigenvalue weighted by atomic mass is 16.2. The third kappa shape index (κ3) is 2.65. The summed E-state index contributed by atoms with van der Waals surface area (Å²) >= 11 is 0. The summed E-state index contributed by atoms with van der Waals surface area (Å²) in [5, 5.41) is 2.02. The Hall–Kier alpha value is -3.40. The van der Waals surface area contributed by atoms with Crippen LogP contribution in [0.2, 0.25) is 0 Å². The van der Waals surface area contributed by atoms with Crippen molar-refractivity contribution in [3.05, 3.63) is 83.9 Å². The van der Waals surface area contributed by atoms with Crippen LogP contribution in [0.1, 0.15) is 40.1 Å². The molecule has 2 amide bonds. The monoisotopic (exact) mass is 344 g/mol. The van der Waals surface area contributed by atoms with E-state index in [1.165, 1.54) is 0 Å². The molecule has 1 aliphatic rings. The normalized spacial score (nSPS) is 12.6. The first kappa shape index (κ1) is 17.4. The van der Waals surface area contributed by atoms with Crippen molar-refractivity contribution >= 4 is 34.0 Å². The van der Waals surface area contributed by atoms with Crippen molar-refractivity contribution in [2.45, 2.75) is 13.8 Å². The number of hydrogen-bond acceptors (Lipinski definition) is 2. The Morgan fingerprint density at radius 2 is 1.65 bits per heavy atom. The average Bonchev–Trinajstić information content (AvgIpc) is 2.93. The Bertz CT molecular complexity index is 1030. The van der Waals surface area contributed by atoms with Crippen LogP contribution < -0.4 is 10.6 Å². The van der Waals surface area contributed by atoms with Crippen LogP contribution in [-0.4, -0.2) is 11.8 Å². The summed E-state index contributed by atoms with van der Waals surface area (Å²) in [5.41, 5.74) is 8.20. The predicted octanol–water partition coefficient (Wildman–Crippen LogP) is 4.60. The van der Waals surface area contributed by atoms with E-state index < -0.39 is 5.91 Å². The predicted molar refractivity (Wildman–Crippen MR) is 106 cm³/mol. The Morgan fingerprint density at radius 1 is 0.962 bits per heavy atom. The molecule has 0 atom stereocenters. The maximum Gasteiger partial charge on any atom is 0.263 e. The summed E-state index contributed by atoms with van der Waals surface area (Å²) in [5.74, 6) is -0.677. The van der Waals surface area contributed by atoms with Crippen LogP contribution in [0.5, 0.6) is 0 Å². The molecule has 0 bridgehead atoms. The highest BCUT2D eigenvalue weighted by molar-refractivity contribution is 6.24. The second-order valence-corrected chi connectivity index (χ2v) is 5.71. The maximum absolute atomic E-state index is 12.9. The summed E-state index contributed by atoms with van der Waals surface area (Å²) in [7, 11) is 0. The summed E-state index contributed by atoms with van der Waals surface area (Å²) in [6.07, 6.45) is 0. The Kier molecular flexibility index (Phi) is 4.59. The van der Waals surface area contributed by atoms with Gasteiger partial charge in [0.25, 0.3) is 5.91 Å². The standard InChI is InChI=1S/C20H14N2O2.C2H6/c1-12-17-11-14(19(21)23)9-10-16(17)20(24)22(12)18-8-4-6-13-5-2-3-7-15(13)18;1-2/h2-11H,1H2,(H2,21,23);1-2H3. The van der Waals surface area contributed by atoms with Crippen molar-refractivity contribution in [3.63, 3.8) is 0 Å². The molecule has 0 unspecified atom stereocenters. The van der Waals surface area contributed by atoms with Crippen LogP contribution in [0, 0.1) is 0 Å². The van der Waals surface area contributed by atoms with E-state index in [4.69, 9.17) is 5.73 Å². The number of rotatable bonds is 2. The lowest BCUT2D eigenvalue weighted by molar-refractivity contribution is 0.0992. The van der Waals surface area contributed by atoms with Crippen LogP contribution >= 0.6 is 0 Å². The van der Waals surface area contributed by atoms with Crippen LogP contribution in [0.25, 0.3) is 16.5 Å². The van der Waals surface area contributed by atoms with Gasteiger partial charge in [-0.3, -0.25) is 14.5 Å². The van der Waals surface area contributed by atoms with Gasteiger partial charge < -0.3 is 5.73 Å². The molecular weight excluding hydrogens is 324 g/mol. The summed E-state index contributed by atoms with van der Waals surface area (Å²) in [6.45, 7) is 8.06. The largest absolute Gasteiger partial charge is 0.366 e. The molecule has 4 rings (SSSR count). The Morgan fingerprint density at radius 3 is 2.38 bits per heavy atom. The number of benzene rings is 3. The molecule has 3 aromatic rings. The first-order valence-corrected chi connectivity index (χ1v) is 8.53. The van der Waals surface area contributed by atoms with Crippen LogP contribution in [-0.2, 0) is 0 Å². The Balaban J connectivity index is 0.000000948. The molecule has 2 N–H and O–H groups in total. The zero-order chi connectivity index (χ0) is 18.8. The van der Waals surface area contributed by atoms with E-state index in [9.17, 15) is 9.59 Å². The minimum Gasteiger partial charge on any atom is -0.366 e. The number of anilines is 1. The number of carbonyl (C=O) groups is 2. The quantitative estimate of drug-likeness (QED) is 0.738. The van der Waals surface area contributed by atoms with Gasteiger partial charge in [0.1, 0.15) is 0 Å². The fourth-order valence-corrected chi connectivity index (χ4v) is 3.14. The number of carbonyl (C=O) groups excluding carboxylic acids is 2. The summed E-state index contributed by atoms with van der Waals surface area (Å²) in [4.78, 5) is 25.9. The van der Waals surface area contributed by atoms with Crippen LogP contribution in [0.15, 0.2) is 67.2 Å². The van der Waals surface area contributed by atoms with E-state index in [2.05, 4.69) is 6.58 Å². The van der Waals surface area contributed by atoms with Gasteiger partial charge >= 0.3 is 0 Å². The smallest absolute Gasteiger partial charge is 0.263 e. The molecule has 26 heavy (non-hydrogen) atoms. The van der Waals surface area contributed by atoms with E-state index in [0.717, 1.165) is 16.5 Å². The lowest BCUT2D eigenvalue weighted by Gasteiger charge is -2.19. The van der Waals surface area contributed by atoms with Gasteiger partial charge in [-0.05, 0) is 29.7 Å². The average molecular weight is 344 g/mol. The van der Waals surface area contributed by atoms with E-state index in [1.54, 1.807) is 23.1 Å². The fourth-order valence-electron chi connectivity index (χ4n) is 3.14. The highest BCUT2D eigenvalue weighted by Crippen LogP contribution is 2.39. The van der Waals surface area contributed by atoms with Gasteiger partial charge in [0.15, 0.2) is 0 Å². The number of amides is 2. The molecule has 0 spiro atoms. The number of fused-ring (bicyclic) bond motifs is 2. The van der Waals surface area contributed by atoms with Crippen molar-refractivity contribution in [1.82, 2.24) is 0 Å². The fraction of sp³-hybridized carbons (Fsp3) is 0.0909. The van der Waals surface area contributed by atoms with Gasteiger partial charge in [-0.25, -0.2) is 0 Å². The first-order valence-electron chi connectivity index (χ1n) is 8.53. The van der Waals surface area contributed by atoms with Crippen LogP contribution in [0.4, 0.5) is 5.69 Å². The number of primary amides is 1. The molecule has 4 heteroatoms. The van der Waals surface area contributed by atoms with Crippen molar-refractivity contribution in [1.29, 1.82) is 0 Å². The van der Waals surface area contributed by atoms with E-state index in [1.807, 2.05) is 56.3 Å². The zero-order valence-corrected chi connectivity index (χ0v) is 14.8. The maximum atomic E-state index is 12.9. The zero-order valence-electron chi connectivity index (χ0n) is 14.8. The SMILES string of the molecule is C=C1c2cc(C(N)=O)ccc2C(=O)N1c1cccc2ccccc12.CC. The van der Waals surface area contributed by atoms with Gasteiger partial charge in [0, 0.05) is 22.1 Å². The molecule has 0 aromatic heterocycles. The molecular formula is C22H20N2O2. The molecule has 130 valence electrons. The molecule has 0 aliphatic carbocycles. The molecule has 0 radical (unpaired) electrons. The third-order valence-electron chi connectivity index (χ3n) is 4.33. The number of nitrogens with zero attached hydrogens (tertiary/aromatic N) is 1. The molecule has 0 saturated heterocycles. The van der Waals surface area contributed by atoms with Gasteiger partial charge in [-0.2, -0.15) is 0 Å². The summed E-state index contributed by atoms with van der Waals surface area (Å²) in [6, 6.07) is 18.5. The molecule has 4 nitrogen and oxygen atoms in total. The second kappa shape index (κ2) is 6.84. The lowest BCUT2D eigenvalue weighted by atomic mass is 10.0. The van der Waals surface area contributed by atoms with Crippen molar-refractivity contribution in [2.24, 2.45) is 5.73 Å². The third-order valence-corrected chi connectivity index (χ3v) is 4.33. The molecule has 0 fully saturated rings. The minimum atomic E-state index is -0.526. The molecule has 0 saturated carbocycles. The van der Waals surface area contributed by atoms with Gasteiger partial charge in [-0.15, -0.1) is 0 Å². The minimum absolute atomic E-state index is 0.151. The topological polar surface area (TPSA) is 63.4 Å². The van der Waals surface area contributed by atoms with Crippen molar-refractivity contribution in [2.75, 3.05) is 4.90 Å². The molecule has 3 aromatic carbocycles. The number of nitrogens with two attached hydrogens (primary N) is 1. The van der Waals surface area contributed by atoms with Crippen molar-refractivity contribution < 1.29 is 9.59 Å². The van der Waals surface area contributed by atoms with Crippen molar-refractivity contribution in [3.8, 4) is 0 Å². The molecule has 1 heterocycles. The second-order valence-electron chi connectivity index (χ2n) is 5.71. The number of hydrogen-bond donors (Lipinski definition) is 1. The Labute approximate surface area is 152 Å². The first-order chi connectivity index (χ1) is 12.6. The highest BCUT2D eigenvalue weighted by Gasteiger charge is 2.33. The molecule has 1 aliphatic heterocycles. The van der Waals surface area contributed by atoms with Gasteiger partial charge in [0.05, 0.1) is 11.4 Å². The van der Waals surface area contributed by atoms with E-state index >= 15 is 0 Å².